The number of hydrogen-bond donors (Lipinski definition) is 1. The lowest BCUT2D eigenvalue weighted by Crippen LogP contribution is -2.48. The van der Waals surface area contributed by atoms with Crippen molar-refractivity contribution < 1.29 is 9.59 Å². The molecule has 1 aromatic carbocycles. The Kier molecular flexibility index (Phi) is 5.57. The predicted octanol–water partition coefficient (Wildman–Crippen LogP) is 2.72. The third-order valence-corrected chi connectivity index (χ3v) is 3.17. The summed E-state index contributed by atoms with van der Waals surface area (Å²) in [5, 5.41) is 3.39. The Morgan fingerprint density at radius 2 is 1.75 bits per heavy atom. The Labute approximate surface area is 125 Å². The molecule has 0 spiro atoms. The Balaban J connectivity index is 2.53. The Morgan fingerprint density at radius 1 is 1.20 bits per heavy atom. The van der Waals surface area contributed by atoms with E-state index in [1.54, 1.807) is 29.2 Å². The monoisotopic (exact) mass is 296 g/mol. The van der Waals surface area contributed by atoms with Gasteiger partial charge in [0.25, 0.3) is 5.91 Å². The Hall–Kier alpha value is -1.55. The minimum absolute atomic E-state index is 0.00163. The van der Waals surface area contributed by atoms with Gasteiger partial charge in [0.2, 0.25) is 5.91 Å². The second-order valence-corrected chi connectivity index (χ2v) is 6.04. The first-order valence-corrected chi connectivity index (χ1v) is 6.91. The average Bonchev–Trinajstić information content (AvgIpc) is 2.33. The van der Waals surface area contributed by atoms with Crippen LogP contribution in [0.5, 0.6) is 0 Å². The number of carbonyl (C=O) groups excluding carboxylic acids is 2. The van der Waals surface area contributed by atoms with Gasteiger partial charge in [0.15, 0.2) is 0 Å². The standard InChI is InChI=1S/C15H21ClN2O2/c1-11(19)18(15(2,3)4)10-9-17-14(20)12-5-7-13(16)8-6-12/h5-8H,9-10H2,1-4H3,(H,17,20). The quantitative estimate of drug-likeness (QED) is 0.929. The van der Waals surface area contributed by atoms with Crippen molar-refractivity contribution in [3.8, 4) is 0 Å². The number of carbonyl (C=O) groups is 2. The fourth-order valence-electron chi connectivity index (χ4n) is 1.95. The number of nitrogens with one attached hydrogen (secondary N) is 1. The molecular formula is C15H21ClN2O2. The van der Waals surface area contributed by atoms with E-state index in [0.29, 0.717) is 23.7 Å². The van der Waals surface area contributed by atoms with Crippen molar-refractivity contribution in [3.05, 3.63) is 34.9 Å². The normalized spacial score (nSPS) is 11.1. The number of rotatable bonds is 4. The van der Waals surface area contributed by atoms with E-state index >= 15 is 0 Å². The third-order valence-electron chi connectivity index (χ3n) is 2.92. The fraction of sp³-hybridized carbons (Fsp3) is 0.467. The smallest absolute Gasteiger partial charge is 0.251 e. The van der Waals surface area contributed by atoms with Gasteiger partial charge in [-0.3, -0.25) is 9.59 Å². The van der Waals surface area contributed by atoms with Crippen molar-refractivity contribution in [2.75, 3.05) is 13.1 Å². The van der Waals surface area contributed by atoms with Crippen LogP contribution in [-0.4, -0.2) is 35.3 Å². The summed E-state index contributed by atoms with van der Waals surface area (Å²) in [4.78, 5) is 25.2. The molecule has 0 radical (unpaired) electrons. The van der Waals surface area contributed by atoms with Gasteiger partial charge in [-0.2, -0.15) is 0 Å². The van der Waals surface area contributed by atoms with Crippen molar-refractivity contribution in [2.45, 2.75) is 33.2 Å². The van der Waals surface area contributed by atoms with E-state index in [1.165, 1.54) is 6.92 Å². The van der Waals surface area contributed by atoms with Crippen LogP contribution in [0.2, 0.25) is 5.02 Å². The fourth-order valence-corrected chi connectivity index (χ4v) is 2.08. The molecule has 0 heterocycles. The van der Waals surface area contributed by atoms with E-state index in [1.807, 2.05) is 20.8 Å². The van der Waals surface area contributed by atoms with Crippen LogP contribution < -0.4 is 5.32 Å². The maximum absolute atomic E-state index is 11.9. The summed E-state index contributed by atoms with van der Waals surface area (Å²) in [7, 11) is 0. The van der Waals surface area contributed by atoms with Crippen LogP contribution in [0.1, 0.15) is 38.1 Å². The second-order valence-electron chi connectivity index (χ2n) is 5.60. The van der Waals surface area contributed by atoms with Crippen LogP contribution in [0.25, 0.3) is 0 Å². The number of amides is 2. The van der Waals surface area contributed by atoms with E-state index in [2.05, 4.69) is 5.32 Å². The van der Waals surface area contributed by atoms with E-state index in [-0.39, 0.29) is 17.4 Å². The van der Waals surface area contributed by atoms with Gasteiger partial charge in [-0.05, 0) is 45.0 Å². The van der Waals surface area contributed by atoms with Gasteiger partial charge in [-0.1, -0.05) is 11.6 Å². The Morgan fingerprint density at radius 3 is 2.20 bits per heavy atom. The molecule has 0 aliphatic rings. The largest absolute Gasteiger partial charge is 0.350 e. The highest BCUT2D eigenvalue weighted by Crippen LogP contribution is 2.12. The molecule has 0 aliphatic heterocycles. The van der Waals surface area contributed by atoms with E-state index in [0.717, 1.165) is 0 Å². The highest BCUT2D eigenvalue weighted by molar-refractivity contribution is 6.30. The van der Waals surface area contributed by atoms with Gasteiger partial charge in [0.1, 0.15) is 0 Å². The first kappa shape index (κ1) is 16.5. The van der Waals surface area contributed by atoms with Crippen LogP contribution in [0.3, 0.4) is 0 Å². The molecule has 1 aromatic rings. The van der Waals surface area contributed by atoms with Crippen LogP contribution in [-0.2, 0) is 4.79 Å². The molecule has 2 amide bonds. The van der Waals surface area contributed by atoms with Crippen molar-refractivity contribution in [1.29, 1.82) is 0 Å². The highest BCUT2D eigenvalue weighted by Gasteiger charge is 2.23. The number of hydrogen-bond acceptors (Lipinski definition) is 2. The third kappa shape index (κ3) is 4.85. The van der Waals surface area contributed by atoms with E-state index in [9.17, 15) is 9.59 Å². The average molecular weight is 297 g/mol. The molecule has 0 unspecified atom stereocenters. The summed E-state index contributed by atoms with van der Waals surface area (Å²) < 4.78 is 0. The lowest BCUT2D eigenvalue weighted by molar-refractivity contribution is -0.133. The van der Waals surface area contributed by atoms with Crippen LogP contribution in [0.15, 0.2) is 24.3 Å². The summed E-state index contributed by atoms with van der Waals surface area (Å²) in [5.74, 6) is -0.169. The summed E-state index contributed by atoms with van der Waals surface area (Å²) in [6, 6.07) is 6.69. The molecule has 1 N–H and O–H groups in total. The van der Waals surface area contributed by atoms with Gasteiger partial charge in [0, 0.05) is 36.1 Å². The molecule has 1 rings (SSSR count). The zero-order valence-electron chi connectivity index (χ0n) is 12.4. The molecular weight excluding hydrogens is 276 g/mol. The summed E-state index contributed by atoms with van der Waals surface area (Å²) in [6.07, 6.45) is 0. The lowest BCUT2D eigenvalue weighted by atomic mass is 10.1. The van der Waals surface area contributed by atoms with E-state index in [4.69, 9.17) is 11.6 Å². The van der Waals surface area contributed by atoms with Crippen molar-refractivity contribution in [3.63, 3.8) is 0 Å². The molecule has 4 nitrogen and oxygen atoms in total. The maximum Gasteiger partial charge on any atom is 0.251 e. The van der Waals surface area contributed by atoms with E-state index < -0.39 is 0 Å². The summed E-state index contributed by atoms with van der Waals surface area (Å²) in [6.45, 7) is 8.34. The molecule has 5 heteroatoms. The second kappa shape index (κ2) is 6.75. The lowest BCUT2D eigenvalue weighted by Gasteiger charge is -2.35. The van der Waals surface area contributed by atoms with Gasteiger partial charge in [-0.25, -0.2) is 0 Å². The summed E-state index contributed by atoms with van der Waals surface area (Å²) >= 11 is 5.77. The van der Waals surface area contributed by atoms with Gasteiger partial charge in [0.05, 0.1) is 0 Å². The van der Waals surface area contributed by atoms with Crippen LogP contribution in [0, 0.1) is 0 Å². The van der Waals surface area contributed by atoms with Gasteiger partial charge < -0.3 is 10.2 Å². The van der Waals surface area contributed by atoms with Crippen molar-refractivity contribution in [2.24, 2.45) is 0 Å². The molecule has 20 heavy (non-hydrogen) atoms. The number of nitrogens with zero attached hydrogens (tertiary/aromatic N) is 1. The predicted molar refractivity (Wildman–Crippen MR) is 80.9 cm³/mol. The van der Waals surface area contributed by atoms with Gasteiger partial charge >= 0.3 is 0 Å². The van der Waals surface area contributed by atoms with Gasteiger partial charge in [-0.15, -0.1) is 0 Å². The van der Waals surface area contributed by atoms with Crippen LogP contribution >= 0.6 is 11.6 Å². The van der Waals surface area contributed by atoms with Crippen molar-refractivity contribution in [1.82, 2.24) is 10.2 Å². The molecule has 0 saturated heterocycles. The Bertz CT molecular complexity index is 478. The minimum Gasteiger partial charge on any atom is -0.350 e. The first-order chi connectivity index (χ1) is 9.21. The molecule has 0 aliphatic carbocycles. The molecule has 0 aromatic heterocycles. The maximum atomic E-state index is 11.9. The topological polar surface area (TPSA) is 49.4 Å². The van der Waals surface area contributed by atoms with Crippen LogP contribution in [0.4, 0.5) is 0 Å². The SMILES string of the molecule is CC(=O)N(CCNC(=O)c1ccc(Cl)cc1)C(C)(C)C. The molecule has 0 saturated carbocycles. The number of halogens is 1. The zero-order chi connectivity index (χ0) is 15.3. The molecule has 110 valence electrons. The molecule has 0 fully saturated rings. The minimum atomic E-state index is -0.253. The summed E-state index contributed by atoms with van der Waals surface area (Å²) in [5.41, 5.74) is 0.302. The first-order valence-electron chi connectivity index (χ1n) is 6.54. The highest BCUT2D eigenvalue weighted by atomic mass is 35.5. The number of benzene rings is 1. The molecule has 0 bridgehead atoms. The zero-order valence-corrected chi connectivity index (χ0v) is 13.1. The van der Waals surface area contributed by atoms with Crippen molar-refractivity contribution >= 4 is 23.4 Å². The molecule has 0 atom stereocenters.